The van der Waals surface area contributed by atoms with Gasteiger partial charge in [-0.3, -0.25) is 4.79 Å². The molecule has 1 aromatic carbocycles. The number of nitrogens with zero attached hydrogens (tertiary/aromatic N) is 1. The van der Waals surface area contributed by atoms with E-state index >= 15 is 0 Å². The topological polar surface area (TPSA) is 64.1 Å². The van der Waals surface area contributed by atoms with Crippen LogP contribution in [0.3, 0.4) is 0 Å². The normalized spacial score (nSPS) is 11.2. The first-order chi connectivity index (χ1) is 9.00. The summed E-state index contributed by atoms with van der Waals surface area (Å²) in [6.45, 7) is 0. The standard InChI is InChI=1S/C13H10ClNO3S/c14-13-11(7-4-8-15-13)12(16)9-19(17,18)10-5-2-1-3-6-10/h1-8H,9H2. The first-order valence-corrected chi connectivity index (χ1v) is 7.45. The van der Waals surface area contributed by atoms with Gasteiger partial charge in [-0.25, -0.2) is 13.4 Å². The van der Waals surface area contributed by atoms with Crippen molar-refractivity contribution in [1.29, 1.82) is 0 Å². The minimum atomic E-state index is -3.66. The van der Waals surface area contributed by atoms with Crippen LogP contribution in [0.2, 0.25) is 5.15 Å². The largest absolute Gasteiger partial charge is 0.293 e. The van der Waals surface area contributed by atoms with Crippen molar-refractivity contribution in [2.75, 3.05) is 5.75 Å². The summed E-state index contributed by atoms with van der Waals surface area (Å²) in [7, 11) is -3.66. The zero-order chi connectivity index (χ0) is 13.9. The molecule has 19 heavy (non-hydrogen) atoms. The number of hydrogen-bond donors (Lipinski definition) is 0. The number of pyridine rings is 1. The molecule has 0 N–H and O–H groups in total. The third kappa shape index (κ3) is 3.19. The lowest BCUT2D eigenvalue weighted by Crippen LogP contribution is -2.17. The maximum atomic E-state index is 12.0. The Bertz CT molecular complexity index is 699. The average molecular weight is 296 g/mol. The fraction of sp³-hybridized carbons (Fsp3) is 0.0769. The second-order valence-electron chi connectivity index (χ2n) is 3.84. The molecule has 1 heterocycles. The molecule has 2 rings (SSSR count). The molecule has 0 bridgehead atoms. The molecule has 4 nitrogen and oxygen atoms in total. The number of rotatable bonds is 4. The van der Waals surface area contributed by atoms with Crippen LogP contribution in [0.25, 0.3) is 0 Å². The second kappa shape index (κ2) is 5.50. The van der Waals surface area contributed by atoms with E-state index in [-0.39, 0.29) is 15.6 Å². The van der Waals surface area contributed by atoms with Crippen molar-refractivity contribution < 1.29 is 13.2 Å². The maximum Gasteiger partial charge on any atom is 0.185 e. The predicted octanol–water partition coefficient (Wildman–Crippen LogP) is 2.39. The van der Waals surface area contributed by atoms with Crippen LogP contribution < -0.4 is 0 Å². The molecule has 0 atom stereocenters. The Hall–Kier alpha value is -1.72. The Morgan fingerprint density at radius 3 is 2.42 bits per heavy atom. The SMILES string of the molecule is O=C(CS(=O)(=O)c1ccccc1)c1cccnc1Cl. The number of hydrogen-bond acceptors (Lipinski definition) is 4. The van der Waals surface area contributed by atoms with Gasteiger partial charge in [-0.1, -0.05) is 29.8 Å². The molecule has 0 fully saturated rings. The molecule has 1 aromatic heterocycles. The van der Waals surface area contributed by atoms with Gasteiger partial charge in [0.1, 0.15) is 10.9 Å². The van der Waals surface area contributed by atoms with Crippen LogP contribution in [0.4, 0.5) is 0 Å². The highest BCUT2D eigenvalue weighted by molar-refractivity contribution is 7.92. The summed E-state index contributed by atoms with van der Waals surface area (Å²) >= 11 is 5.77. The fourth-order valence-electron chi connectivity index (χ4n) is 1.56. The molecule has 6 heteroatoms. The van der Waals surface area contributed by atoms with Gasteiger partial charge in [0.25, 0.3) is 0 Å². The second-order valence-corrected chi connectivity index (χ2v) is 6.18. The third-order valence-corrected chi connectivity index (χ3v) is 4.42. The van der Waals surface area contributed by atoms with E-state index in [2.05, 4.69) is 4.98 Å². The van der Waals surface area contributed by atoms with Crippen molar-refractivity contribution in [1.82, 2.24) is 4.98 Å². The van der Waals surface area contributed by atoms with E-state index in [9.17, 15) is 13.2 Å². The van der Waals surface area contributed by atoms with Crippen LogP contribution in [-0.2, 0) is 9.84 Å². The van der Waals surface area contributed by atoms with Crippen LogP contribution in [0, 0.1) is 0 Å². The average Bonchev–Trinajstić information content (AvgIpc) is 2.39. The Labute approximate surface area is 116 Å². The summed E-state index contributed by atoms with van der Waals surface area (Å²) < 4.78 is 24.1. The van der Waals surface area contributed by atoms with Crippen LogP contribution in [-0.4, -0.2) is 24.9 Å². The molecule has 0 aliphatic rings. The highest BCUT2D eigenvalue weighted by atomic mass is 35.5. The summed E-state index contributed by atoms with van der Waals surface area (Å²) in [6, 6.07) is 10.8. The lowest BCUT2D eigenvalue weighted by atomic mass is 10.2. The lowest BCUT2D eigenvalue weighted by Gasteiger charge is -2.04. The number of carbonyl (C=O) groups excluding carboxylic acids is 1. The van der Waals surface area contributed by atoms with Crippen molar-refractivity contribution in [3.63, 3.8) is 0 Å². The van der Waals surface area contributed by atoms with E-state index in [1.807, 2.05) is 0 Å². The number of carbonyl (C=O) groups is 1. The molecule has 0 saturated carbocycles. The monoisotopic (exact) mass is 295 g/mol. The molecule has 0 spiro atoms. The molecule has 0 radical (unpaired) electrons. The first-order valence-electron chi connectivity index (χ1n) is 5.42. The van der Waals surface area contributed by atoms with Gasteiger partial charge < -0.3 is 0 Å². The Kier molecular flexibility index (Phi) is 3.97. The summed E-state index contributed by atoms with van der Waals surface area (Å²) in [5, 5.41) is 0.00996. The van der Waals surface area contributed by atoms with Crippen LogP contribution in [0.1, 0.15) is 10.4 Å². The molecule has 0 saturated heterocycles. The van der Waals surface area contributed by atoms with Gasteiger partial charge in [0.2, 0.25) is 0 Å². The van der Waals surface area contributed by atoms with Crippen molar-refractivity contribution in [2.24, 2.45) is 0 Å². The number of Topliss-reactive ketones (excluding diaryl/α,β-unsaturated/α-hetero) is 1. The van der Waals surface area contributed by atoms with Crippen LogP contribution in [0.5, 0.6) is 0 Å². The summed E-state index contributed by atoms with van der Waals surface area (Å²) in [5.41, 5.74) is 0.115. The molecule has 0 aliphatic carbocycles. The molecule has 0 unspecified atom stereocenters. The van der Waals surface area contributed by atoms with Crippen molar-refractivity contribution in [3.05, 3.63) is 59.4 Å². The van der Waals surface area contributed by atoms with E-state index in [0.29, 0.717) is 0 Å². The van der Waals surface area contributed by atoms with Crippen LogP contribution >= 0.6 is 11.6 Å². The Balaban J connectivity index is 2.27. The summed E-state index contributed by atoms with van der Waals surface area (Å²) in [5.74, 6) is -1.19. The lowest BCUT2D eigenvalue weighted by molar-refractivity contribution is 0.102. The fourth-order valence-corrected chi connectivity index (χ4v) is 3.02. The molecular formula is C13H10ClNO3S. The quantitative estimate of drug-likeness (QED) is 0.642. The summed E-state index contributed by atoms with van der Waals surface area (Å²) in [4.78, 5) is 15.8. The van der Waals surface area contributed by atoms with Gasteiger partial charge in [0.15, 0.2) is 15.6 Å². The smallest absolute Gasteiger partial charge is 0.185 e. The predicted molar refractivity (Wildman–Crippen MR) is 72.1 cm³/mol. The number of sulfone groups is 1. The number of halogens is 1. The van der Waals surface area contributed by atoms with Gasteiger partial charge in [-0.05, 0) is 24.3 Å². The Morgan fingerprint density at radius 1 is 1.11 bits per heavy atom. The highest BCUT2D eigenvalue weighted by Crippen LogP contribution is 2.16. The number of benzene rings is 1. The number of ketones is 1. The zero-order valence-electron chi connectivity index (χ0n) is 9.78. The third-order valence-electron chi connectivity index (χ3n) is 2.48. The summed E-state index contributed by atoms with van der Waals surface area (Å²) in [6.07, 6.45) is 1.44. The van der Waals surface area contributed by atoms with Gasteiger partial charge in [0.05, 0.1) is 10.5 Å². The van der Waals surface area contributed by atoms with Gasteiger partial charge in [-0.2, -0.15) is 0 Å². The van der Waals surface area contributed by atoms with Gasteiger partial charge in [0, 0.05) is 6.20 Å². The Morgan fingerprint density at radius 2 is 1.79 bits per heavy atom. The van der Waals surface area contributed by atoms with E-state index in [4.69, 9.17) is 11.6 Å². The first kappa shape index (κ1) is 13.7. The molecule has 0 amide bonds. The van der Waals surface area contributed by atoms with Gasteiger partial charge >= 0.3 is 0 Å². The van der Waals surface area contributed by atoms with Crippen LogP contribution in [0.15, 0.2) is 53.6 Å². The molecular weight excluding hydrogens is 286 g/mol. The maximum absolute atomic E-state index is 12.0. The van der Waals surface area contributed by atoms with Crippen molar-refractivity contribution in [2.45, 2.75) is 4.90 Å². The van der Waals surface area contributed by atoms with E-state index < -0.39 is 21.4 Å². The van der Waals surface area contributed by atoms with Crippen molar-refractivity contribution in [3.8, 4) is 0 Å². The zero-order valence-corrected chi connectivity index (χ0v) is 11.4. The minimum Gasteiger partial charge on any atom is -0.293 e. The molecule has 98 valence electrons. The number of aromatic nitrogens is 1. The van der Waals surface area contributed by atoms with Crippen molar-refractivity contribution >= 4 is 27.2 Å². The van der Waals surface area contributed by atoms with E-state index in [1.54, 1.807) is 18.2 Å². The van der Waals surface area contributed by atoms with Gasteiger partial charge in [-0.15, -0.1) is 0 Å². The van der Waals surface area contributed by atoms with E-state index in [1.165, 1.54) is 30.5 Å². The van der Waals surface area contributed by atoms with E-state index in [0.717, 1.165) is 0 Å². The minimum absolute atomic E-state index is 0.00996. The molecule has 2 aromatic rings. The highest BCUT2D eigenvalue weighted by Gasteiger charge is 2.21. The molecule has 0 aliphatic heterocycles.